The first kappa shape index (κ1) is 21.8. The SMILES string of the molecule is CCCCS(=O)(=O)O.[H-].[Na+].c1ccc(Pc2ccccc2)cc1. The van der Waals surface area contributed by atoms with Crippen molar-refractivity contribution >= 4 is 29.3 Å². The molecule has 0 aliphatic carbocycles. The molecular formula is C16H22NaO3PS. The second kappa shape index (κ2) is 12.2. The van der Waals surface area contributed by atoms with Crippen LogP contribution in [0.25, 0.3) is 0 Å². The van der Waals surface area contributed by atoms with Crippen molar-refractivity contribution in [3.05, 3.63) is 60.7 Å². The van der Waals surface area contributed by atoms with Crippen molar-refractivity contribution in [3.63, 3.8) is 0 Å². The van der Waals surface area contributed by atoms with Crippen LogP contribution in [0.3, 0.4) is 0 Å². The molecular weight excluding hydrogens is 326 g/mol. The summed E-state index contributed by atoms with van der Waals surface area (Å²) in [5.74, 6) is -0.108. The molecule has 0 bridgehead atoms. The van der Waals surface area contributed by atoms with E-state index in [9.17, 15) is 8.42 Å². The summed E-state index contributed by atoms with van der Waals surface area (Å²) in [5, 5.41) is 2.79. The normalized spacial score (nSPS) is 10.1. The Kier molecular flexibility index (Phi) is 12.1. The predicted molar refractivity (Wildman–Crippen MR) is 92.9 cm³/mol. The molecule has 1 N–H and O–H groups in total. The van der Waals surface area contributed by atoms with Gasteiger partial charge in [0.05, 0.1) is 5.75 Å². The van der Waals surface area contributed by atoms with Crippen LogP contribution in [0.4, 0.5) is 0 Å². The van der Waals surface area contributed by atoms with Crippen molar-refractivity contribution in [2.24, 2.45) is 0 Å². The first-order valence-electron chi connectivity index (χ1n) is 6.83. The van der Waals surface area contributed by atoms with Crippen LogP contribution in [0.5, 0.6) is 0 Å². The van der Waals surface area contributed by atoms with Crippen LogP contribution in [0.2, 0.25) is 0 Å². The third-order valence-corrected chi connectivity index (χ3v) is 4.64. The number of unbranched alkanes of at least 4 members (excludes halogenated alkanes) is 1. The van der Waals surface area contributed by atoms with Crippen molar-refractivity contribution in [2.45, 2.75) is 19.8 Å². The van der Waals surface area contributed by atoms with E-state index in [0.29, 0.717) is 6.42 Å². The summed E-state index contributed by atoms with van der Waals surface area (Å²) in [6.45, 7) is 1.87. The van der Waals surface area contributed by atoms with Gasteiger partial charge in [0.15, 0.2) is 0 Å². The molecule has 3 nitrogen and oxygen atoms in total. The van der Waals surface area contributed by atoms with Gasteiger partial charge in [-0.2, -0.15) is 8.42 Å². The first-order valence-corrected chi connectivity index (χ1v) is 9.44. The molecule has 6 heteroatoms. The van der Waals surface area contributed by atoms with Gasteiger partial charge in [-0.1, -0.05) is 82.6 Å². The average molecular weight is 348 g/mol. The van der Waals surface area contributed by atoms with Crippen molar-refractivity contribution < 1.29 is 44.0 Å². The maximum Gasteiger partial charge on any atom is 1.00 e. The van der Waals surface area contributed by atoms with E-state index in [1.54, 1.807) is 0 Å². The third kappa shape index (κ3) is 11.4. The fraction of sp³-hybridized carbons (Fsp3) is 0.250. The van der Waals surface area contributed by atoms with Gasteiger partial charge in [-0.3, -0.25) is 4.55 Å². The van der Waals surface area contributed by atoms with Crippen molar-refractivity contribution in [1.82, 2.24) is 0 Å². The summed E-state index contributed by atoms with van der Waals surface area (Å²) >= 11 is 0. The largest absolute Gasteiger partial charge is 1.00 e. The van der Waals surface area contributed by atoms with Gasteiger partial charge in [-0.25, -0.2) is 0 Å². The van der Waals surface area contributed by atoms with Gasteiger partial charge < -0.3 is 1.43 Å². The topological polar surface area (TPSA) is 54.4 Å². The number of hydrogen-bond acceptors (Lipinski definition) is 2. The first-order chi connectivity index (χ1) is 10.0. The molecule has 0 saturated heterocycles. The second-order valence-corrected chi connectivity index (χ2v) is 7.47. The van der Waals surface area contributed by atoms with E-state index in [4.69, 9.17) is 4.55 Å². The van der Waals surface area contributed by atoms with Gasteiger partial charge in [-0.15, -0.1) is 0 Å². The maximum atomic E-state index is 9.95. The third-order valence-electron chi connectivity index (χ3n) is 2.59. The molecule has 0 aliphatic rings. The second-order valence-electron chi connectivity index (χ2n) is 4.50. The Morgan fingerprint density at radius 1 is 0.955 bits per heavy atom. The molecule has 0 aliphatic heterocycles. The van der Waals surface area contributed by atoms with Gasteiger partial charge in [0.1, 0.15) is 0 Å². The Hall–Kier alpha value is -0.220. The fourth-order valence-electron chi connectivity index (χ4n) is 1.54. The fourth-order valence-corrected chi connectivity index (χ4v) is 3.24. The van der Waals surface area contributed by atoms with Crippen LogP contribution in [-0.4, -0.2) is 18.7 Å². The molecule has 0 heterocycles. The molecule has 0 atom stereocenters. The maximum absolute atomic E-state index is 9.95. The molecule has 0 spiro atoms. The zero-order valence-corrected chi connectivity index (χ0v) is 16.9. The standard InChI is InChI=1S/C12H11P.C4H10O3S.Na.H/c1-3-7-11(8-4-1)13-12-9-5-2-6-10-12;1-2-3-4-8(5,6)7;;/h1-10,13H;2-4H2,1H3,(H,5,6,7);;/q;;+1;-1. The summed E-state index contributed by atoms with van der Waals surface area (Å²) in [6, 6.07) is 21.2. The molecule has 2 aromatic carbocycles. The summed E-state index contributed by atoms with van der Waals surface area (Å²) in [7, 11) is -2.91. The average Bonchev–Trinajstić information content (AvgIpc) is 2.47. The number of rotatable bonds is 5. The van der Waals surface area contributed by atoms with Crippen molar-refractivity contribution in [3.8, 4) is 0 Å². The van der Waals surface area contributed by atoms with Crippen LogP contribution in [-0.2, 0) is 10.1 Å². The summed E-state index contributed by atoms with van der Waals surface area (Å²) in [6.07, 6.45) is 1.33. The van der Waals surface area contributed by atoms with Gasteiger partial charge in [0.2, 0.25) is 0 Å². The van der Waals surface area contributed by atoms with E-state index in [0.717, 1.165) is 15.0 Å². The van der Waals surface area contributed by atoms with Gasteiger partial charge >= 0.3 is 29.6 Å². The minimum atomic E-state index is -3.69. The van der Waals surface area contributed by atoms with E-state index in [1.807, 2.05) is 6.92 Å². The number of benzene rings is 2. The zero-order valence-electron chi connectivity index (χ0n) is 14.1. The minimum absolute atomic E-state index is 0. The van der Waals surface area contributed by atoms with Gasteiger partial charge in [0.25, 0.3) is 10.1 Å². The Bertz CT molecular complexity index is 572. The van der Waals surface area contributed by atoms with Crippen molar-refractivity contribution in [1.29, 1.82) is 0 Å². The monoisotopic (exact) mass is 348 g/mol. The Labute approximate surface area is 158 Å². The van der Waals surface area contributed by atoms with E-state index >= 15 is 0 Å². The molecule has 0 radical (unpaired) electrons. The molecule has 22 heavy (non-hydrogen) atoms. The quantitative estimate of drug-likeness (QED) is 0.474. The molecule has 2 rings (SSSR count). The summed E-state index contributed by atoms with van der Waals surface area (Å²) < 4.78 is 28.0. The van der Waals surface area contributed by atoms with Crippen molar-refractivity contribution in [2.75, 3.05) is 5.75 Å². The van der Waals surface area contributed by atoms with Crippen LogP contribution in [0.15, 0.2) is 60.7 Å². The molecule has 0 fully saturated rings. The Morgan fingerprint density at radius 2 is 1.36 bits per heavy atom. The summed E-state index contributed by atoms with van der Waals surface area (Å²) in [4.78, 5) is 0. The smallest absolute Gasteiger partial charge is 1.00 e. The Balaban J connectivity index is 0. The molecule has 0 saturated carbocycles. The van der Waals surface area contributed by atoms with E-state index in [-0.39, 0.29) is 36.7 Å². The van der Waals surface area contributed by atoms with Crippen LogP contribution in [0, 0.1) is 0 Å². The molecule has 2 aromatic rings. The molecule has 0 aromatic heterocycles. The zero-order chi connectivity index (χ0) is 15.6. The predicted octanol–water partition coefficient (Wildman–Crippen LogP) is 0.107. The summed E-state index contributed by atoms with van der Waals surface area (Å²) in [5.41, 5.74) is 0. The van der Waals surface area contributed by atoms with Crippen LogP contribution >= 0.6 is 8.58 Å². The molecule has 0 unspecified atom stereocenters. The van der Waals surface area contributed by atoms with E-state index in [1.165, 1.54) is 10.6 Å². The van der Waals surface area contributed by atoms with E-state index in [2.05, 4.69) is 60.7 Å². The van der Waals surface area contributed by atoms with Crippen LogP contribution < -0.4 is 40.2 Å². The van der Waals surface area contributed by atoms with E-state index < -0.39 is 10.1 Å². The molecule has 116 valence electrons. The van der Waals surface area contributed by atoms with Gasteiger partial charge in [-0.05, 0) is 17.0 Å². The molecule has 0 amide bonds. The number of hydrogen-bond donors (Lipinski definition) is 1. The minimum Gasteiger partial charge on any atom is -1.00 e. The van der Waals surface area contributed by atoms with Gasteiger partial charge in [0, 0.05) is 0 Å². The Morgan fingerprint density at radius 3 is 1.64 bits per heavy atom. The van der Waals surface area contributed by atoms with Crippen LogP contribution in [0.1, 0.15) is 21.2 Å².